The summed E-state index contributed by atoms with van der Waals surface area (Å²) >= 11 is 3.42. The van der Waals surface area contributed by atoms with E-state index in [1.165, 1.54) is 6.07 Å². The highest BCUT2D eigenvalue weighted by Crippen LogP contribution is 2.38. The summed E-state index contributed by atoms with van der Waals surface area (Å²) in [5, 5.41) is 29.3. The Hall–Kier alpha value is -4.13. The minimum absolute atomic E-state index is 0.0194. The van der Waals surface area contributed by atoms with Crippen molar-refractivity contribution in [3.8, 4) is 22.8 Å². The molecular weight excluding hydrogens is 504 g/mol. The third kappa shape index (κ3) is 5.57. The van der Waals surface area contributed by atoms with Crippen LogP contribution < -0.4 is 14.8 Å². The van der Waals surface area contributed by atoms with Gasteiger partial charge in [-0.05, 0) is 23.8 Å². The monoisotopic (exact) mass is 520 g/mol. The first-order valence-corrected chi connectivity index (χ1v) is 10.0. The Morgan fingerprint density at radius 3 is 2.36 bits per heavy atom. The summed E-state index contributed by atoms with van der Waals surface area (Å²) in [4.78, 5) is 33.5. The van der Waals surface area contributed by atoms with Crippen molar-refractivity contribution in [3.63, 3.8) is 0 Å². The summed E-state index contributed by atoms with van der Waals surface area (Å²) in [6.07, 6.45) is 1.76. The van der Waals surface area contributed by atoms with Gasteiger partial charge in [0.2, 0.25) is 12.7 Å². The number of nitro benzene ring substituents is 1. The van der Waals surface area contributed by atoms with Crippen LogP contribution in [0.5, 0.6) is 11.5 Å². The van der Waals surface area contributed by atoms with Crippen LogP contribution >= 0.6 is 15.9 Å². The number of carboxylic acid groups (broad SMARTS) is 2. The quantitative estimate of drug-likeness (QED) is 0.258. The molecule has 3 aromatic rings. The van der Waals surface area contributed by atoms with Gasteiger partial charge in [0.25, 0.3) is 5.69 Å². The normalized spacial score (nSPS) is 11.3. The van der Waals surface area contributed by atoms with Gasteiger partial charge < -0.3 is 29.6 Å². The van der Waals surface area contributed by atoms with Gasteiger partial charge in [-0.25, -0.2) is 14.6 Å². The van der Waals surface area contributed by atoms with Gasteiger partial charge in [-0.3, -0.25) is 10.1 Å². The summed E-state index contributed by atoms with van der Waals surface area (Å²) in [7, 11) is 1.89. The van der Waals surface area contributed by atoms with E-state index >= 15 is 0 Å². The van der Waals surface area contributed by atoms with E-state index in [0.717, 1.165) is 15.7 Å². The fraction of sp³-hybridized carbons (Fsp3) is 0.150. The number of hydrogen-bond acceptors (Lipinski definition) is 8. The number of nitrogens with zero attached hydrogens (tertiary/aromatic N) is 3. The molecule has 0 spiro atoms. The Balaban J connectivity index is 0.000000454. The molecule has 0 amide bonds. The maximum Gasteiger partial charge on any atom is 0.414 e. The maximum absolute atomic E-state index is 11.4. The number of carbonyl (C=O) groups is 2. The van der Waals surface area contributed by atoms with Crippen molar-refractivity contribution in [2.75, 3.05) is 12.1 Å². The Kier molecular flexibility index (Phi) is 7.13. The summed E-state index contributed by atoms with van der Waals surface area (Å²) in [6.45, 7) is 0.302. The fourth-order valence-corrected chi connectivity index (χ4v) is 3.19. The fourth-order valence-electron chi connectivity index (χ4n) is 2.92. The first kappa shape index (κ1) is 23.5. The topological polar surface area (TPSA) is 166 Å². The third-order valence-corrected chi connectivity index (χ3v) is 5.05. The number of rotatable bonds is 5. The van der Waals surface area contributed by atoms with Crippen molar-refractivity contribution in [1.82, 2.24) is 9.55 Å². The maximum atomic E-state index is 11.4. The van der Waals surface area contributed by atoms with E-state index in [2.05, 4.69) is 26.2 Å². The van der Waals surface area contributed by atoms with Crippen molar-refractivity contribution in [2.24, 2.45) is 7.05 Å². The molecule has 0 unspecified atom stereocenters. The number of aromatic nitrogens is 2. The zero-order chi connectivity index (χ0) is 24.1. The van der Waals surface area contributed by atoms with Crippen molar-refractivity contribution in [3.05, 3.63) is 62.7 Å². The van der Waals surface area contributed by atoms with Crippen molar-refractivity contribution in [2.45, 2.75) is 6.54 Å². The lowest BCUT2D eigenvalue weighted by Gasteiger charge is -2.09. The molecule has 4 rings (SSSR count). The minimum atomic E-state index is -1.82. The highest BCUT2D eigenvalue weighted by Gasteiger charge is 2.23. The molecule has 0 atom stereocenters. The summed E-state index contributed by atoms with van der Waals surface area (Å²) in [5.41, 5.74) is 2.44. The van der Waals surface area contributed by atoms with Crippen LogP contribution in [0, 0.1) is 10.1 Å². The van der Waals surface area contributed by atoms with Crippen LogP contribution in [0.2, 0.25) is 0 Å². The van der Waals surface area contributed by atoms with Crippen LogP contribution in [0.1, 0.15) is 5.56 Å². The number of hydrogen-bond donors (Lipinski definition) is 3. The van der Waals surface area contributed by atoms with Crippen LogP contribution in [0.3, 0.4) is 0 Å². The Labute approximate surface area is 194 Å². The number of carboxylic acids is 2. The van der Waals surface area contributed by atoms with Gasteiger partial charge in [0, 0.05) is 18.1 Å². The number of anilines is 1. The van der Waals surface area contributed by atoms with Crippen LogP contribution in [0.4, 0.5) is 11.6 Å². The second-order valence-corrected chi connectivity index (χ2v) is 7.50. The van der Waals surface area contributed by atoms with Crippen LogP contribution in [-0.4, -0.2) is 43.4 Å². The van der Waals surface area contributed by atoms with Gasteiger partial charge in [0.1, 0.15) is 0 Å². The van der Waals surface area contributed by atoms with Gasteiger partial charge in [-0.1, -0.05) is 28.1 Å². The number of halogens is 1. The summed E-state index contributed by atoms with van der Waals surface area (Å²) < 4.78 is 13.5. The number of ether oxygens (including phenoxy) is 2. The highest BCUT2D eigenvalue weighted by molar-refractivity contribution is 9.10. The number of nitro groups is 1. The van der Waals surface area contributed by atoms with E-state index in [1.807, 2.05) is 35.9 Å². The molecule has 0 fully saturated rings. The molecule has 33 heavy (non-hydrogen) atoms. The predicted molar refractivity (Wildman–Crippen MR) is 118 cm³/mol. The SMILES string of the molecule is Cn1c(-c2ccc(Br)cc2)cnc1NCc1cc2c(cc1[N+](=O)[O-])OCO2.O=C(O)C(=O)O. The molecule has 0 aliphatic carbocycles. The van der Waals surface area contributed by atoms with Gasteiger partial charge in [0.05, 0.1) is 28.4 Å². The average Bonchev–Trinajstić information content (AvgIpc) is 3.38. The molecule has 1 aliphatic heterocycles. The van der Waals surface area contributed by atoms with Crippen molar-refractivity contribution >= 4 is 39.5 Å². The van der Waals surface area contributed by atoms with E-state index in [1.54, 1.807) is 12.3 Å². The molecule has 0 bridgehead atoms. The summed E-state index contributed by atoms with van der Waals surface area (Å²) in [5.74, 6) is -2.14. The van der Waals surface area contributed by atoms with E-state index < -0.39 is 16.9 Å². The third-order valence-electron chi connectivity index (χ3n) is 4.52. The highest BCUT2D eigenvalue weighted by atomic mass is 79.9. The van der Waals surface area contributed by atoms with Crippen LogP contribution in [0.25, 0.3) is 11.3 Å². The Morgan fingerprint density at radius 2 is 1.79 bits per heavy atom. The van der Waals surface area contributed by atoms with E-state index in [9.17, 15) is 10.1 Å². The van der Waals surface area contributed by atoms with Gasteiger partial charge in [-0.15, -0.1) is 0 Å². The first-order valence-electron chi connectivity index (χ1n) is 9.22. The number of fused-ring (bicyclic) bond motifs is 1. The molecule has 1 aliphatic rings. The number of imidazole rings is 1. The van der Waals surface area contributed by atoms with E-state index in [-0.39, 0.29) is 19.0 Å². The molecule has 0 radical (unpaired) electrons. The van der Waals surface area contributed by atoms with Gasteiger partial charge in [-0.2, -0.15) is 0 Å². The first-order chi connectivity index (χ1) is 15.7. The Morgan fingerprint density at radius 1 is 1.18 bits per heavy atom. The molecule has 3 N–H and O–H groups in total. The lowest BCUT2D eigenvalue weighted by molar-refractivity contribution is -0.385. The largest absolute Gasteiger partial charge is 0.473 e. The minimum Gasteiger partial charge on any atom is -0.473 e. The Bertz CT molecular complexity index is 1200. The van der Waals surface area contributed by atoms with Crippen molar-refractivity contribution < 1.29 is 34.2 Å². The van der Waals surface area contributed by atoms with Crippen LogP contribution in [-0.2, 0) is 23.2 Å². The molecule has 1 aromatic heterocycles. The standard InChI is InChI=1S/C18H15BrN4O4.C2H2O4/c1-22-15(11-2-4-13(19)5-3-11)9-21-18(22)20-8-12-6-16-17(27-10-26-16)7-14(12)23(24)25;3-1(4)2(5)6/h2-7,9H,8,10H2,1H3,(H,20,21);(H,3,4)(H,5,6). The zero-order valence-electron chi connectivity index (χ0n) is 17.0. The van der Waals surface area contributed by atoms with E-state index in [0.29, 0.717) is 23.0 Å². The number of aliphatic carboxylic acids is 2. The second-order valence-electron chi connectivity index (χ2n) is 6.59. The lowest BCUT2D eigenvalue weighted by Crippen LogP contribution is -2.09. The summed E-state index contributed by atoms with van der Waals surface area (Å²) in [6, 6.07) is 10.9. The van der Waals surface area contributed by atoms with E-state index in [4.69, 9.17) is 29.3 Å². The molecular formula is C20H17BrN4O8. The smallest absolute Gasteiger partial charge is 0.414 e. The van der Waals surface area contributed by atoms with Gasteiger partial charge >= 0.3 is 11.9 Å². The molecule has 172 valence electrons. The molecule has 0 saturated heterocycles. The predicted octanol–water partition coefficient (Wildman–Crippen LogP) is 3.25. The zero-order valence-corrected chi connectivity index (χ0v) is 18.6. The molecule has 12 nitrogen and oxygen atoms in total. The molecule has 2 heterocycles. The van der Waals surface area contributed by atoms with Crippen molar-refractivity contribution in [1.29, 1.82) is 0 Å². The second kappa shape index (κ2) is 9.99. The number of benzene rings is 2. The van der Waals surface area contributed by atoms with Gasteiger partial charge in [0.15, 0.2) is 11.5 Å². The lowest BCUT2D eigenvalue weighted by atomic mass is 10.1. The molecule has 13 heteroatoms. The molecule has 0 saturated carbocycles. The van der Waals surface area contributed by atoms with Crippen LogP contribution in [0.15, 0.2) is 47.1 Å². The number of nitrogens with one attached hydrogen (secondary N) is 1. The average molecular weight is 521 g/mol. The molecule has 2 aromatic carbocycles.